The predicted molar refractivity (Wildman–Crippen MR) is 106 cm³/mol. The summed E-state index contributed by atoms with van der Waals surface area (Å²) in [5.41, 5.74) is 7.02. The van der Waals surface area contributed by atoms with Gasteiger partial charge in [-0.3, -0.25) is 0 Å². The Balaban J connectivity index is 1.44. The van der Waals surface area contributed by atoms with Gasteiger partial charge in [-0.15, -0.1) is 11.3 Å². The lowest BCUT2D eigenvalue weighted by molar-refractivity contribution is 0.436. The maximum atomic E-state index is 5.93. The molecule has 0 aromatic carbocycles. The van der Waals surface area contributed by atoms with Crippen LogP contribution in [0.1, 0.15) is 30.2 Å². The molecule has 1 aliphatic heterocycles. The minimum atomic E-state index is 0.491. The van der Waals surface area contributed by atoms with Crippen molar-refractivity contribution in [3.63, 3.8) is 0 Å². The first-order valence-corrected chi connectivity index (χ1v) is 9.85. The van der Waals surface area contributed by atoms with Crippen LogP contribution in [-0.2, 0) is 13.0 Å². The summed E-state index contributed by atoms with van der Waals surface area (Å²) in [7, 11) is 0. The number of guanidine groups is 1. The molecule has 3 heterocycles. The largest absolute Gasteiger partial charge is 0.370 e. The lowest BCUT2D eigenvalue weighted by atomic mass is 9.99. The number of thiophene rings is 1. The van der Waals surface area contributed by atoms with E-state index in [1.54, 1.807) is 11.3 Å². The summed E-state index contributed by atoms with van der Waals surface area (Å²) in [6.45, 7) is 5.90. The van der Waals surface area contributed by atoms with Gasteiger partial charge in [0.15, 0.2) is 5.96 Å². The molecule has 1 aliphatic rings. The van der Waals surface area contributed by atoms with Crippen LogP contribution < -0.4 is 16.0 Å². The third-order valence-corrected chi connectivity index (χ3v) is 5.54. The van der Waals surface area contributed by atoms with Gasteiger partial charge in [-0.2, -0.15) is 0 Å². The first-order chi connectivity index (χ1) is 12.2. The van der Waals surface area contributed by atoms with E-state index in [0.717, 1.165) is 43.4 Å². The SMILES string of the molecule is CC1CCN(c2ccc(CN=C(N)NCCc3cccs3)cn2)CC1. The average molecular weight is 358 g/mol. The highest BCUT2D eigenvalue weighted by Gasteiger charge is 2.16. The number of piperidine rings is 1. The Labute approximate surface area is 154 Å². The molecule has 0 bridgehead atoms. The second kappa shape index (κ2) is 8.85. The van der Waals surface area contributed by atoms with Crippen LogP contribution in [-0.4, -0.2) is 30.6 Å². The molecule has 6 heteroatoms. The quantitative estimate of drug-likeness (QED) is 0.616. The van der Waals surface area contributed by atoms with Gasteiger partial charge in [0.25, 0.3) is 0 Å². The van der Waals surface area contributed by atoms with E-state index >= 15 is 0 Å². The third-order valence-electron chi connectivity index (χ3n) is 4.61. The van der Waals surface area contributed by atoms with Gasteiger partial charge in [0.1, 0.15) is 5.82 Å². The first kappa shape index (κ1) is 17.7. The molecule has 2 aromatic rings. The van der Waals surface area contributed by atoms with E-state index in [0.29, 0.717) is 12.5 Å². The monoisotopic (exact) mass is 357 g/mol. The van der Waals surface area contributed by atoms with Gasteiger partial charge in [0, 0.05) is 30.7 Å². The fourth-order valence-electron chi connectivity index (χ4n) is 2.94. The zero-order chi connectivity index (χ0) is 17.5. The van der Waals surface area contributed by atoms with Crippen molar-refractivity contribution in [2.24, 2.45) is 16.6 Å². The number of nitrogens with two attached hydrogens (primary N) is 1. The molecule has 25 heavy (non-hydrogen) atoms. The molecular weight excluding hydrogens is 330 g/mol. The zero-order valence-corrected chi connectivity index (χ0v) is 15.6. The smallest absolute Gasteiger partial charge is 0.188 e. The number of hydrogen-bond acceptors (Lipinski definition) is 4. The Morgan fingerprint density at radius 1 is 1.36 bits per heavy atom. The molecule has 0 unspecified atom stereocenters. The Kier molecular flexibility index (Phi) is 6.28. The van der Waals surface area contributed by atoms with Crippen LogP contribution in [0.5, 0.6) is 0 Å². The Morgan fingerprint density at radius 3 is 2.88 bits per heavy atom. The maximum absolute atomic E-state index is 5.93. The van der Waals surface area contributed by atoms with Crippen molar-refractivity contribution in [1.82, 2.24) is 10.3 Å². The summed E-state index contributed by atoms with van der Waals surface area (Å²) in [5.74, 6) is 2.40. The van der Waals surface area contributed by atoms with Gasteiger partial charge in [-0.1, -0.05) is 19.1 Å². The van der Waals surface area contributed by atoms with Gasteiger partial charge in [-0.05, 0) is 48.3 Å². The van der Waals surface area contributed by atoms with Crippen molar-refractivity contribution in [3.8, 4) is 0 Å². The topological polar surface area (TPSA) is 66.5 Å². The summed E-state index contributed by atoms with van der Waals surface area (Å²) >= 11 is 1.76. The number of aliphatic imine (C=N–C) groups is 1. The number of nitrogens with zero attached hydrogens (tertiary/aromatic N) is 3. The molecule has 134 valence electrons. The number of rotatable bonds is 6. The Hall–Kier alpha value is -2.08. The maximum Gasteiger partial charge on any atom is 0.188 e. The molecular formula is C19H27N5S. The Morgan fingerprint density at radius 2 is 2.20 bits per heavy atom. The van der Waals surface area contributed by atoms with Crippen molar-refractivity contribution in [3.05, 3.63) is 46.3 Å². The van der Waals surface area contributed by atoms with E-state index in [-0.39, 0.29) is 0 Å². The fourth-order valence-corrected chi connectivity index (χ4v) is 3.64. The normalized spacial score (nSPS) is 16.2. The fraction of sp³-hybridized carbons (Fsp3) is 0.474. The number of nitrogens with one attached hydrogen (secondary N) is 1. The standard InChI is InChI=1S/C19H27N5S/c1-15-7-10-24(11-8-15)18-5-4-16(13-22-18)14-23-19(20)21-9-6-17-3-2-12-25-17/h2-5,12-13,15H,6-11,14H2,1H3,(H3,20,21,23). The highest BCUT2D eigenvalue weighted by Crippen LogP contribution is 2.21. The zero-order valence-electron chi connectivity index (χ0n) is 14.8. The van der Waals surface area contributed by atoms with Gasteiger partial charge < -0.3 is 16.0 Å². The van der Waals surface area contributed by atoms with E-state index < -0.39 is 0 Å². The molecule has 3 N–H and O–H groups in total. The van der Waals surface area contributed by atoms with E-state index in [1.165, 1.54) is 17.7 Å². The minimum Gasteiger partial charge on any atom is -0.370 e. The van der Waals surface area contributed by atoms with E-state index in [4.69, 9.17) is 5.73 Å². The molecule has 1 fully saturated rings. The van der Waals surface area contributed by atoms with Crippen molar-refractivity contribution in [2.75, 3.05) is 24.5 Å². The van der Waals surface area contributed by atoms with Crippen LogP contribution in [0, 0.1) is 5.92 Å². The molecule has 0 atom stereocenters. The molecule has 5 nitrogen and oxygen atoms in total. The van der Waals surface area contributed by atoms with Crippen molar-refractivity contribution in [1.29, 1.82) is 0 Å². The average Bonchev–Trinajstić information content (AvgIpc) is 3.15. The van der Waals surface area contributed by atoms with Crippen LogP contribution >= 0.6 is 11.3 Å². The number of hydrogen-bond donors (Lipinski definition) is 2. The number of anilines is 1. The number of pyridine rings is 1. The lowest BCUT2D eigenvalue weighted by Crippen LogP contribution is -2.33. The summed E-state index contributed by atoms with van der Waals surface area (Å²) in [6.07, 6.45) is 5.39. The first-order valence-electron chi connectivity index (χ1n) is 8.97. The molecule has 0 aliphatic carbocycles. The van der Waals surface area contributed by atoms with E-state index in [2.05, 4.69) is 56.8 Å². The Bertz CT molecular complexity index is 658. The van der Waals surface area contributed by atoms with Crippen LogP contribution in [0.25, 0.3) is 0 Å². The van der Waals surface area contributed by atoms with Gasteiger partial charge in [0.05, 0.1) is 6.54 Å². The van der Waals surface area contributed by atoms with Crippen molar-refractivity contribution >= 4 is 23.1 Å². The second-order valence-electron chi connectivity index (χ2n) is 6.65. The molecule has 0 amide bonds. The summed E-state index contributed by atoms with van der Waals surface area (Å²) in [5, 5.41) is 5.26. The van der Waals surface area contributed by atoms with Crippen LogP contribution in [0.4, 0.5) is 5.82 Å². The van der Waals surface area contributed by atoms with Crippen molar-refractivity contribution < 1.29 is 0 Å². The van der Waals surface area contributed by atoms with E-state index in [1.807, 2.05) is 6.20 Å². The number of aromatic nitrogens is 1. The highest BCUT2D eigenvalue weighted by molar-refractivity contribution is 7.09. The molecule has 2 aromatic heterocycles. The second-order valence-corrected chi connectivity index (χ2v) is 7.68. The predicted octanol–water partition coefficient (Wildman–Crippen LogP) is 3.03. The van der Waals surface area contributed by atoms with Crippen LogP contribution in [0.3, 0.4) is 0 Å². The van der Waals surface area contributed by atoms with Gasteiger partial charge in [0.2, 0.25) is 0 Å². The molecule has 0 radical (unpaired) electrons. The minimum absolute atomic E-state index is 0.491. The van der Waals surface area contributed by atoms with Gasteiger partial charge >= 0.3 is 0 Å². The van der Waals surface area contributed by atoms with Crippen LogP contribution in [0.15, 0.2) is 40.8 Å². The highest BCUT2D eigenvalue weighted by atomic mass is 32.1. The molecule has 1 saturated heterocycles. The molecule has 3 rings (SSSR count). The summed E-state index contributed by atoms with van der Waals surface area (Å²) < 4.78 is 0. The van der Waals surface area contributed by atoms with Crippen LogP contribution in [0.2, 0.25) is 0 Å². The van der Waals surface area contributed by atoms with E-state index in [9.17, 15) is 0 Å². The lowest BCUT2D eigenvalue weighted by Gasteiger charge is -2.31. The molecule has 0 spiro atoms. The van der Waals surface area contributed by atoms with Gasteiger partial charge in [-0.25, -0.2) is 9.98 Å². The third kappa shape index (κ3) is 5.46. The summed E-state index contributed by atoms with van der Waals surface area (Å²) in [6, 6.07) is 8.40. The summed E-state index contributed by atoms with van der Waals surface area (Å²) in [4.78, 5) is 12.7. The molecule has 0 saturated carbocycles. The van der Waals surface area contributed by atoms with Crippen molar-refractivity contribution in [2.45, 2.75) is 32.7 Å².